The van der Waals surface area contributed by atoms with Gasteiger partial charge in [0, 0.05) is 34.2 Å². The molecule has 7 heteroatoms. The van der Waals surface area contributed by atoms with Crippen molar-refractivity contribution in [1.82, 2.24) is 5.01 Å². The summed E-state index contributed by atoms with van der Waals surface area (Å²) in [7, 11) is 0. The molecule has 6 nitrogen and oxygen atoms in total. The molecular weight excluding hydrogens is 458 g/mol. The lowest BCUT2D eigenvalue weighted by Gasteiger charge is -2.38. The minimum absolute atomic E-state index is 0.0299. The smallest absolute Gasteiger partial charge is 0.269 e. The highest BCUT2D eigenvalue weighted by molar-refractivity contribution is 9.10. The number of non-ortho nitro benzene ring substituents is 1. The van der Waals surface area contributed by atoms with Gasteiger partial charge in [0.15, 0.2) is 0 Å². The molecule has 0 unspecified atom stereocenters. The van der Waals surface area contributed by atoms with Gasteiger partial charge in [0.05, 0.1) is 16.7 Å². The van der Waals surface area contributed by atoms with Crippen molar-refractivity contribution >= 4 is 27.3 Å². The van der Waals surface area contributed by atoms with Crippen LogP contribution in [0.15, 0.2) is 76.3 Å². The predicted molar refractivity (Wildman–Crippen MR) is 122 cm³/mol. The van der Waals surface area contributed by atoms with Crippen LogP contribution in [0, 0.1) is 10.1 Å². The monoisotopic (exact) mass is 477 g/mol. The molecule has 0 fully saturated rings. The van der Waals surface area contributed by atoms with Crippen molar-refractivity contribution in [2.45, 2.75) is 32.0 Å². The number of aryl methyl sites for hydroxylation is 1. The van der Waals surface area contributed by atoms with E-state index in [0.29, 0.717) is 0 Å². The fourth-order valence-electron chi connectivity index (χ4n) is 4.15. The summed E-state index contributed by atoms with van der Waals surface area (Å²) in [6.07, 6.45) is 1.31. The van der Waals surface area contributed by atoms with Crippen molar-refractivity contribution in [3.63, 3.8) is 0 Å². The lowest BCUT2D eigenvalue weighted by atomic mass is 9.95. The molecule has 2 heterocycles. The molecule has 0 radical (unpaired) electrons. The molecule has 3 aromatic rings. The first kappa shape index (κ1) is 19.8. The van der Waals surface area contributed by atoms with Gasteiger partial charge in [0.1, 0.15) is 5.75 Å². The molecular formula is C24H20BrN3O3. The highest BCUT2D eigenvalue weighted by Crippen LogP contribution is 2.48. The van der Waals surface area contributed by atoms with Crippen molar-refractivity contribution < 1.29 is 9.66 Å². The summed E-state index contributed by atoms with van der Waals surface area (Å²) in [5.41, 5.74) is 5.37. The zero-order chi connectivity index (χ0) is 21.5. The third-order valence-corrected chi connectivity index (χ3v) is 6.33. The Kier molecular flexibility index (Phi) is 4.98. The highest BCUT2D eigenvalue weighted by atomic mass is 79.9. The van der Waals surface area contributed by atoms with E-state index in [9.17, 15) is 10.1 Å². The third-order valence-electron chi connectivity index (χ3n) is 5.84. The van der Waals surface area contributed by atoms with Crippen molar-refractivity contribution in [2.75, 3.05) is 0 Å². The van der Waals surface area contributed by atoms with Gasteiger partial charge in [-0.05, 0) is 47.9 Å². The summed E-state index contributed by atoms with van der Waals surface area (Å²) in [4.78, 5) is 10.7. The Labute approximate surface area is 188 Å². The zero-order valence-corrected chi connectivity index (χ0v) is 18.5. The van der Waals surface area contributed by atoms with Crippen LogP contribution in [0.3, 0.4) is 0 Å². The molecule has 0 aliphatic carbocycles. The Balaban J connectivity index is 1.55. The van der Waals surface area contributed by atoms with Crippen LogP contribution < -0.4 is 4.74 Å². The van der Waals surface area contributed by atoms with E-state index in [1.54, 1.807) is 12.1 Å². The molecule has 31 heavy (non-hydrogen) atoms. The van der Waals surface area contributed by atoms with Gasteiger partial charge in [-0.3, -0.25) is 10.1 Å². The Morgan fingerprint density at radius 2 is 1.87 bits per heavy atom. The van der Waals surface area contributed by atoms with Gasteiger partial charge in [0.2, 0.25) is 6.23 Å². The molecule has 2 atom stereocenters. The average Bonchev–Trinajstić information content (AvgIpc) is 3.24. The number of nitro benzene ring substituents is 1. The van der Waals surface area contributed by atoms with Crippen LogP contribution in [0.2, 0.25) is 0 Å². The maximum Gasteiger partial charge on any atom is 0.269 e. The number of rotatable bonds is 4. The molecule has 0 saturated carbocycles. The van der Waals surface area contributed by atoms with Gasteiger partial charge in [-0.15, -0.1) is 0 Å². The lowest BCUT2D eigenvalue weighted by molar-refractivity contribution is -0.384. The Bertz CT molecular complexity index is 1180. The van der Waals surface area contributed by atoms with E-state index < -0.39 is 11.2 Å². The number of ether oxygens (including phenoxy) is 1. The molecule has 5 rings (SSSR count). The number of benzene rings is 3. The molecule has 156 valence electrons. The SMILES string of the molecule is CCc1ccc(C2=NN3[C@H](C2)c2cc(Br)ccc2O[C@H]3c2ccc([N+](=O)[O-])cc2)cc1. The summed E-state index contributed by atoms with van der Waals surface area (Å²) in [6, 6.07) is 21.1. The lowest BCUT2D eigenvalue weighted by Crippen LogP contribution is -2.33. The highest BCUT2D eigenvalue weighted by Gasteiger charge is 2.41. The van der Waals surface area contributed by atoms with Crippen molar-refractivity contribution in [1.29, 1.82) is 0 Å². The van der Waals surface area contributed by atoms with Gasteiger partial charge in [-0.25, -0.2) is 5.01 Å². The maximum absolute atomic E-state index is 11.0. The van der Waals surface area contributed by atoms with Crippen molar-refractivity contribution in [2.24, 2.45) is 5.10 Å². The molecule has 0 spiro atoms. The zero-order valence-electron chi connectivity index (χ0n) is 16.9. The standard InChI is InChI=1S/C24H20BrN3O3/c1-2-15-3-5-16(6-4-15)21-14-22-20-13-18(25)9-12-23(20)31-24(27(22)26-21)17-7-10-19(11-8-17)28(29)30/h3-13,22,24H,2,14H2,1H3/t22-,24+/m1/s1. The first-order valence-electron chi connectivity index (χ1n) is 10.2. The van der Waals surface area contributed by atoms with Crippen LogP contribution >= 0.6 is 15.9 Å². The number of nitrogens with zero attached hydrogens (tertiary/aromatic N) is 3. The second-order valence-electron chi connectivity index (χ2n) is 7.70. The molecule has 3 aromatic carbocycles. The Morgan fingerprint density at radius 3 is 2.55 bits per heavy atom. The number of hydrogen-bond donors (Lipinski definition) is 0. The minimum atomic E-state index is -0.452. The van der Waals surface area contributed by atoms with Crippen LogP contribution in [0.1, 0.15) is 47.9 Å². The summed E-state index contributed by atoms with van der Waals surface area (Å²) >= 11 is 3.57. The molecule has 0 N–H and O–H groups in total. The number of nitro groups is 1. The van der Waals surface area contributed by atoms with Crippen molar-refractivity contribution in [3.8, 4) is 5.75 Å². The number of halogens is 1. The molecule has 2 aliphatic rings. The van der Waals surface area contributed by atoms with E-state index in [2.05, 4.69) is 53.2 Å². The fourth-order valence-corrected chi connectivity index (χ4v) is 4.52. The second-order valence-corrected chi connectivity index (χ2v) is 8.61. The quantitative estimate of drug-likeness (QED) is 0.333. The molecule has 0 saturated heterocycles. The van der Waals surface area contributed by atoms with Crippen LogP contribution in [0.4, 0.5) is 5.69 Å². The van der Waals surface area contributed by atoms with Crippen LogP contribution in [-0.2, 0) is 6.42 Å². The first-order valence-corrected chi connectivity index (χ1v) is 11.0. The van der Waals surface area contributed by atoms with Gasteiger partial charge in [-0.1, -0.05) is 47.1 Å². The van der Waals surface area contributed by atoms with Gasteiger partial charge >= 0.3 is 0 Å². The molecule has 0 aromatic heterocycles. The average molecular weight is 478 g/mol. The number of hydrogen-bond acceptors (Lipinski definition) is 5. The summed E-state index contributed by atoms with van der Waals surface area (Å²) in [5, 5.41) is 18.0. The Morgan fingerprint density at radius 1 is 1.13 bits per heavy atom. The largest absolute Gasteiger partial charge is 0.464 e. The van der Waals surface area contributed by atoms with Gasteiger partial charge in [-0.2, -0.15) is 5.10 Å². The molecule has 0 amide bonds. The van der Waals surface area contributed by atoms with Crippen molar-refractivity contribution in [3.05, 3.63) is 104 Å². The topological polar surface area (TPSA) is 68.0 Å². The summed E-state index contributed by atoms with van der Waals surface area (Å²) in [5.74, 6) is 0.811. The van der Waals surface area contributed by atoms with Gasteiger partial charge in [0.25, 0.3) is 5.69 Å². The normalized spacial score (nSPS) is 19.3. The van der Waals surface area contributed by atoms with E-state index in [4.69, 9.17) is 9.84 Å². The molecule has 2 aliphatic heterocycles. The number of fused-ring (bicyclic) bond motifs is 3. The van der Waals surface area contributed by atoms with E-state index in [0.717, 1.165) is 45.5 Å². The van der Waals surface area contributed by atoms with E-state index in [1.165, 1.54) is 17.7 Å². The van der Waals surface area contributed by atoms with E-state index >= 15 is 0 Å². The Hall–Kier alpha value is -3.19. The van der Waals surface area contributed by atoms with Crippen LogP contribution in [0.5, 0.6) is 5.75 Å². The summed E-state index contributed by atoms with van der Waals surface area (Å²) < 4.78 is 7.33. The summed E-state index contributed by atoms with van der Waals surface area (Å²) in [6.45, 7) is 2.14. The second kappa shape index (κ2) is 7.81. The first-order chi connectivity index (χ1) is 15.0. The third kappa shape index (κ3) is 3.59. The van der Waals surface area contributed by atoms with Crippen LogP contribution in [0.25, 0.3) is 0 Å². The molecule has 0 bridgehead atoms. The van der Waals surface area contributed by atoms with E-state index in [-0.39, 0.29) is 11.7 Å². The predicted octanol–water partition coefficient (Wildman–Crippen LogP) is 6.16. The van der Waals surface area contributed by atoms with Gasteiger partial charge < -0.3 is 4.74 Å². The van der Waals surface area contributed by atoms with Crippen LogP contribution in [-0.4, -0.2) is 15.6 Å². The van der Waals surface area contributed by atoms with E-state index in [1.807, 2.05) is 17.1 Å². The maximum atomic E-state index is 11.0. The fraction of sp³-hybridized carbons (Fsp3) is 0.208. The number of hydrazone groups is 1. The minimum Gasteiger partial charge on any atom is -0.464 e.